The Morgan fingerprint density at radius 3 is 2.70 bits per heavy atom. The Morgan fingerprint density at radius 1 is 1.17 bits per heavy atom. The number of carbonyl (C=O) groups is 1. The molecule has 6 heteroatoms. The Balaban J connectivity index is 1.16. The lowest BCUT2D eigenvalue weighted by atomic mass is 9.53. The predicted molar refractivity (Wildman–Crippen MR) is 112 cm³/mol. The zero-order chi connectivity index (χ0) is 20.3. The number of nitrogens with zero attached hydrogens (tertiary/aromatic N) is 3. The minimum Gasteiger partial charge on any atom is -0.392 e. The van der Waals surface area contributed by atoms with Crippen molar-refractivity contribution >= 4 is 5.91 Å². The molecule has 3 aliphatic heterocycles. The van der Waals surface area contributed by atoms with E-state index in [0.717, 1.165) is 50.9 Å². The van der Waals surface area contributed by atoms with Crippen LogP contribution in [0.4, 0.5) is 0 Å². The van der Waals surface area contributed by atoms with Gasteiger partial charge in [0.05, 0.1) is 30.4 Å². The van der Waals surface area contributed by atoms with Crippen molar-refractivity contribution in [2.45, 2.75) is 44.2 Å². The van der Waals surface area contributed by atoms with E-state index < -0.39 is 0 Å². The van der Waals surface area contributed by atoms with Gasteiger partial charge in [-0.25, -0.2) is 4.98 Å². The van der Waals surface area contributed by atoms with Crippen LogP contribution < -0.4 is 0 Å². The van der Waals surface area contributed by atoms with E-state index >= 15 is 0 Å². The Morgan fingerprint density at radius 2 is 1.93 bits per heavy atom. The van der Waals surface area contributed by atoms with Gasteiger partial charge in [0.15, 0.2) is 0 Å². The third-order valence-electron chi connectivity index (χ3n) is 8.24. The number of carbonyl (C=O) groups excluding carboxylic acids is 1. The van der Waals surface area contributed by atoms with Crippen molar-refractivity contribution in [3.05, 3.63) is 42.4 Å². The van der Waals surface area contributed by atoms with Gasteiger partial charge in [-0.1, -0.05) is 24.3 Å². The van der Waals surface area contributed by atoms with Crippen LogP contribution in [-0.2, 0) is 9.53 Å². The van der Waals surface area contributed by atoms with E-state index in [1.165, 1.54) is 11.1 Å². The largest absolute Gasteiger partial charge is 0.392 e. The first-order valence-electron chi connectivity index (χ1n) is 11.3. The Kier molecular flexibility index (Phi) is 4.29. The lowest BCUT2D eigenvalue weighted by Crippen LogP contribution is -2.60. The summed E-state index contributed by atoms with van der Waals surface area (Å²) in [5.41, 5.74) is 3.67. The van der Waals surface area contributed by atoms with Crippen molar-refractivity contribution in [3.8, 4) is 11.3 Å². The Labute approximate surface area is 176 Å². The van der Waals surface area contributed by atoms with Gasteiger partial charge in [-0.3, -0.25) is 4.79 Å². The zero-order valence-corrected chi connectivity index (χ0v) is 17.2. The summed E-state index contributed by atoms with van der Waals surface area (Å²) in [6.45, 7) is 2.95. The van der Waals surface area contributed by atoms with E-state index in [-0.39, 0.29) is 29.4 Å². The standard InChI is InChI=1S/C24H29N3O3/c28-22-19(21-18-4-2-1-3-17(18)20-14-25-15-27(20)21)13-24(22)7-9-26(10-8-24)23(29)16-5-11-30-12-6-16/h1-4,14-16,19,21-22,28H,5-13H2/t19-,21?,22+/m0/s1. The molecule has 6 rings (SSSR count). The molecule has 1 saturated carbocycles. The van der Waals surface area contributed by atoms with Crippen molar-refractivity contribution < 1.29 is 14.6 Å². The molecule has 6 nitrogen and oxygen atoms in total. The summed E-state index contributed by atoms with van der Waals surface area (Å²) >= 11 is 0. The summed E-state index contributed by atoms with van der Waals surface area (Å²) in [7, 11) is 0. The van der Waals surface area contributed by atoms with Crippen LogP contribution in [0.3, 0.4) is 0 Å². The highest BCUT2D eigenvalue weighted by atomic mass is 16.5. The molecule has 1 aromatic heterocycles. The van der Waals surface area contributed by atoms with Gasteiger partial charge in [0.1, 0.15) is 0 Å². The molecule has 1 unspecified atom stereocenters. The first-order chi connectivity index (χ1) is 14.7. The number of rotatable bonds is 2. The van der Waals surface area contributed by atoms with Crippen LogP contribution in [0.1, 0.15) is 43.7 Å². The number of hydrogen-bond acceptors (Lipinski definition) is 4. The van der Waals surface area contributed by atoms with E-state index in [1.54, 1.807) is 0 Å². The van der Waals surface area contributed by atoms with Gasteiger partial charge in [0.25, 0.3) is 0 Å². The Hall–Kier alpha value is -2.18. The van der Waals surface area contributed by atoms with Crippen molar-refractivity contribution in [1.29, 1.82) is 0 Å². The maximum atomic E-state index is 12.9. The number of likely N-dealkylation sites (tertiary alicyclic amines) is 1. The first-order valence-corrected chi connectivity index (χ1v) is 11.3. The normalized spacial score (nSPS) is 30.0. The highest BCUT2D eigenvalue weighted by Crippen LogP contribution is 2.59. The molecule has 1 aliphatic carbocycles. The highest BCUT2D eigenvalue weighted by molar-refractivity contribution is 5.79. The lowest BCUT2D eigenvalue weighted by molar-refractivity contribution is -0.167. The molecular weight excluding hydrogens is 378 g/mol. The van der Waals surface area contributed by atoms with Gasteiger partial charge in [-0.05, 0) is 37.7 Å². The number of piperidine rings is 1. The smallest absolute Gasteiger partial charge is 0.225 e. The third-order valence-corrected chi connectivity index (χ3v) is 8.24. The summed E-state index contributed by atoms with van der Waals surface area (Å²) in [6, 6.07) is 8.68. The molecule has 0 radical (unpaired) electrons. The summed E-state index contributed by atoms with van der Waals surface area (Å²) in [4.78, 5) is 19.3. The van der Waals surface area contributed by atoms with Crippen LogP contribution in [-0.4, -0.2) is 57.9 Å². The second-order valence-corrected chi connectivity index (χ2v) is 9.61. The van der Waals surface area contributed by atoms with Crippen LogP contribution in [0.25, 0.3) is 11.3 Å². The quantitative estimate of drug-likeness (QED) is 0.831. The number of aromatic nitrogens is 2. The fraction of sp³-hybridized carbons (Fsp3) is 0.583. The number of hydrogen-bond donors (Lipinski definition) is 1. The van der Waals surface area contributed by atoms with Gasteiger partial charge >= 0.3 is 0 Å². The van der Waals surface area contributed by atoms with Crippen LogP contribution in [0, 0.1) is 17.3 Å². The molecule has 1 aromatic carbocycles. The fourth-order valence-corrected chi connectivity index (χ4v) is 6.46. The van der Waals surface area contributed by atoms with Crippen molar-refractivity contribution in [2.75, 3.05) is 26.3 Å². The maximum absolute atomic E-state index is 12.9. The molecule has 3 atom stereocenters. The number of amides is 1. The van der Waals surface area contributed by atoms with Crippen molar-refractivity contribution in [3.63, 3.8) is 0 Å². The molecular formula is C24H29N3O3. The summed E-state index contributed by atoms with van der Waals surface area (Å²) in [5, 5.41) is 11.4. The molecule has 3 fully saturated rings. The van der Waals surface area contributed by atoms with Gasteiger partial charge in [-0.2, -0.15) is 0 Å². The van der Waals surface area contributed by atoms with E-state index in [4.69, 9.17) is 4.74 Å². The SMILES string of the molecule is O=C(C1CCOCC1)N1CCC2(CC1)C[C@@H](C1c3ccccc3-c3cncn31)[C@H]2O. The number of fused-ring (bicyclic) bond motifs is 3. The van der Waals surface area contributed by atoms with Crippen molar-refractivity contribution in [2.24, 2.45) is 17.3 Å². The van der Waals surface area contributed by atoms with Gasteiger partial charge in [0.2, 0.25) is 5.91 Å². The highest BCUT2D eigenvalue weighted by Gasteiger charge is 2.58. The predicted octanol–water partition coefficient (Wildman–Crippen LogP) is 2.87. The average molecular weight is 408 g/mol. The number of ether oxygens (including phenoxy) is 1. The first kappa shape index (κ1) is 18.6. The minimum absolute atomic E-state index is 0.0323. The average Bonchev–Trinajstić information content (AvgIpc) is 3.39. The van der Waals surface area contributed by atoms with Crippen LogP contribution in [0.2, 0.25) is 0 Å². The van der Waals surface area contributed by atoms with Crippen LogP contribution in [0.15, 0.2) is 36.8 Å². The molecule has 1 N–H and O–H groups in total. The molecule has 0 bridgehead atoms. The second-order valence-electron chi connectivity index (χ2n) is 9.61. The molecule has 30 heavy (non-hydrogen) atoms. The molecule has 2 aromatic rings. The maximum Gasteiger partial charge on any atom is 0.225 e. The summed E-state index contributed by atoms with van der Waals surface area (Å²) in [6.07, 6.45) is 8.04. The van der Waals surface area contributed by atoms with E-state index in [1.807, 2.05) is 17.4 Å². The van der Waals surface area contributed by atoms with Crippen LogP contribution in [0.5, 0.6) is 0 Å². The molecule has 1 spiro atoms. The third kappa shape index (κ3) is 2.63. The zero-order valence-electron chi connectivity index (χ0n) is 17.2. The number of aliphatic hydroxyl groups excluding tert-OH is 1. The summed E-state index contributed by atoms with van der Waals surface area (Å²) in [5.74, 6) is 0.632. The monoisotopic (exact) mass is 407 g/mol. The number of aliphatic hydroxyl groups is 1. The molecule has 4 aliphatic rings. The number of imidazole rings is 1. The molecule has 2 saturated heterocycles. The second kappa shape index (κ2) is 6.92. The number of benzene rings is 1. The topological polar surface area (TPSA) is 67.6 Å². The van der Waals surface area contributed by atoms with Crippen LogP contribution >= 0.6 is 0 Å². The van der Waals surface area contributed by atoms with Gasteiger partial charge in [0, 0.05) is 49.1 Å². The van der Waals surface area contributed by atoms with Gasteiger partial charge < -0.3 is 19.3 Å². The van der Waals surface area contributed by atoms with E-state index in [2.05, 4.69) is 33.8 Å². The lowest BCUT2D eigenvalue weighted by Gasteiger charge is -2.58. The Bertz CT molecular complexity index is 956. The molecule has 158 valence electrons. The fourth-order valence-electron chi connectivity index (χ4n) is 6.46. The van der Waals surface area contributed by atoms with Crippen molar-refractivity contribution in [1.82, 2.24) is 14.5 Å². The molecule has 1 amide bonds. The molecule has 4 heterocycles. The van der Waals surface area contributed by atoms with E-state index in [0.29, 0.717) is 19.1 Å². The van der Waals surface area contributed by atoms with Gasteiger partial charge in [-0.15, -0.1) is 0 Å². The van der Waals surface area contributed by atoms with E-state index in [9.17, 15) is 9.90 Å². The summed E-state index contributed by atoms with van der Waals surface area (Å²) < 4.78 is 7.65. The minimum atomic E-state index is -0.329.